The molecule has 0 spiro atoms. The van der Waals surface area contributed by atoms with E-state index >= 15 is 0 Å². The molecule has 6 heteroatoms. The maximum atomic E-state index is 12.5. The Bertz CT molecular complexity index is 715. The molecule has 1 heterocycles. The molecule has 0 aliphatic rings. The maximum Gasteiger partial charge on any atom is 0.329 e. The summed E-state index contributed by atoms with van der Waals surface area (Å²) in [5.74, 6) is 0.0540. The molecule has 1 N–H and O–H groups in total. The lowest BCUT2D eigenvalue weighted by molar-refractivity contribution is -0.155. The summed E-state index contributed by atoms with van der Waals surface area (Å²) < 4.78 is 5.49. The largest absolute Gasteiger partial charge is 0.458 e. The molecule has 0 saturated heterocycles. The van der Waals surface area contributed by atoms with E-state index in [-0.39, 0.29) is 11.7 Å². The van der Waals surface area contributed by atoms with Gasteiger partial charge in [-0.15, -0.1) is 10.2 Å². The van der Waals surface area contributed by atoms with Crippen molar-refractivity contribution in [3.63, 3.8) is 0 Å². The molecule has 0 aliphatic carbocycles. The first-order valence-corrected chi connectivity index (χ1v) is 7.64. The van der Waals surface area contributed by atoms with Crippen LogP contribution in [-0.2, 0) is 16.0 Å². The number of carbonyl (C=O) groups is 1. The summed E-state index contributed by atoms with van der Waals surface area (Å²) in [5.41, 5.74) is 0.643. The highest BCUT2D eigenvalue weighted by Gasteiger charge is 2.26. The monoisotopic (exact) mass is 324 g/mol. The summed E-state index contributed by atoms with van der Waals surface area (Å²) in [4.78, 5) is 12.5. The number of carbonyl (C=O) groups excluding carboxylic acids is 1. The lowest BCUT2D eigenvalue weighted by Gasteiger charge is -2.24. The van der Waals surface area contributed by atoms with E-state index in [9.17, 15) is 4.79 Å². The van der Waals surface area contributed by atoms with Crippen molar-refractivity contribution in [2.75, 3.05) is 5.32 Å². The van der Waals surface area contributed by atoms with Gasteiger partial charge in [-0.05, 0) is 38.5 Å². The molecular weight excluding hydrogens is 304 g/mol. The average Bonchev–Trinajstić information content (AvgIpc) is 2.54. The zero-order valence-corrected chi connectivity index (χ0v) is 14.0. The first-order valence-electron chi connectivity index (χ1n) is 7.64. The van der Waals surface area contributed by atoms with E-state index in [0.717, 1.165) is 5.56 Å². The third-order valence-electron chi connectivity index (χ3n) is 3.08. The summed E-state index contributed by atoms with van der Waals surface area (Å²) in [6, 6.07) is 14.1. The topological polar surface area (TPSA) is 87.9 Å². The fraction of sp³-hybridized carbons (Fsp3) is 0.333. The van der Waals surface area contributed by atoms with Gasteiger partial charge in [-0.25, -0.2) is 4.79 Å². The number of hydrogen-bond acceptors (Lipinski definition) is 6. The van der Waals surface area contributed by atoms with E-state index in [4.69, 9.17) is 10.00 Å². The lowest BCUT2D eigenvalue weighted by Crippen LogP contribution is -2.38. The minimum Gasteiger partial charge on any atom is -0.458 e. The Hall–Kier alpha value is -2.94. The first-order chi connectivity index (χ1) is 11.4. The van der Waals surface area contributed by atoms with Gasteiger partial charge in [-0.1, -0.05) is 30.3 Å². The van der Waals surface area contributed by atoms with Crippen LogP contribution in [0.25, 0.3) is 0 Å². The molecule has 2 aromatic rings. The van der Waals surface area contributed by atoms with Crippen LogP contribution < -0.4 is 5.32 Å². The zero-order chi connectivity index (χ0) is 17.6. The van der Waals surface area contributed by atoms with Crippen LogP contribution in [0, 0.1) is 11.3 Å². The zero-order valence-electron chi connectivity index (χ0n) is 14.0. The molecule has 1 aromatic heterocycles. The van der Waals surface area contributed by atoms with Crippen LogP contribution in [0.15, 0.2) is 42.5 Å². The number of nitrogens with one attached hydrogen (secondary N) is 1. The van der Waals surface area contributed by atoms with Crippen molar-refractivity contribution in [2.45, 2.75) is 38.8 Å². The summed E-state index contributed by atoms with van der Waals surface area (Å²) in [5, 5.41) is 19.5. The molecule has 24 heavy (non-hydrogen) atoms. The normalized spacial score (nSPS) is 12.1. The molecule has 0 bridgehead atoms. The van der Waals surface area contributed by atoms with Gasteiger partial charge in [0.15, 0.2) is 5.69 Å². The Morgan fingerprint density at radius 2 is 1.92 bits per heavy atom. The van der Waals surface area contributed by atoms with E-state index in [1.54, 1.807) is 12.1 Å². The minimum absolute atomic E-state index is 0.220. The number of nitriles is 1. The molecule has 0 fully saturated rings. The number of nitrogens with zero attached hydrogens (tertiary/aromatic N) is 3. The number of rotatable bonds is 5. The molecule has 0 unspecified atom stereocenters. The fourth-order valence-electron chi connectivity index (χ4n) is 2.06. The second kappa shape index (κ2) is 7.55. The molecule has 0 saturated carbocycles. The Kier molecular flexibility index (Phi) is 5.48. The van der Waals surface area contributed by atoms with E-state index in [2.05, 4.69) is 15.5 Å². The molecule has 2 rings (SSSR count). The quantitative estimate of drug-likeness (QED) is 0.851. The van der Waals surface area contributed by atoms with Crippen molar-refractivity contribution in [1.29, 1.82) is 5.26 Å². The Balaban J connectivity index is 2.17. The second-order valence-electron chi connectivity index (χ2n) is 6.34. The third-order valence-corrected chi connectivity index (χ3v) is 3.08. The summed E-state index contributed by atoms with van der Waals surface area (Å²) in [7, 11) is 0. The average molecular weight is 324 g/mol. The van der Waals surface area contributed by atoms with Gasteiger partial charge in [0.25, 0.3) is 0 Å². The number of hydrogen-bond donors (Lipinski definition) is 1. The van der Waals surface area contributed by atoms with Crippen LogP contribution in [0.2, 0.25) is 0 Å². The standard InChI is InChI=1S/C18H20N4O2/c1-18(2,3)24-17(23)15(11-13-7-5-4-6-8-13)20-16-10-9-14(12-19)21-22-16/h4-10,15H,11H2,1-3H3,(H,20,22)/t15-/m1/s1. The van der Waals surface area contributed by atoms with Gasteiger partial charge < -0.3 is 10.1 Å². The van der Waals surface area contributed by atoms with Crippen LogP contribution >= 0.6 is 0 Å². The molecule has 1 aromatic carbocycles. The van der Waals surface area contributed by atoms with Crippen LogP contribution in [0.4, 0.5) is 5.82 Å². The van der Waals surface area contributed by atoms with Crippen molar-refractivity contribution in [1.82, 2.24) is 10.2 Å². The maximum absolute atomic E-state index is 12.5. The summed E-state index contributed by atoms with van der Waals surface area (Å²) in [6.45, 7) is 5.48. The molecule has 124 valence electrons. The van der Waals surface area contributed by atoms with Crippen molar-refractivity contribution in [3.05, 3.63) is 53.7 Å². The van der Waals surface area contributed by atoms with Gasteiger partial charge in [0.05, 0.1) is 0 Å². The fourth-order valence-corrected chi connectivity index (χ4v) is 2.06. The van der Waals surface area contributed by atoms with Gasteiger partial charge >= 0.3 is 5.97 Å². The number of ether oxygens (including phenoxy) is 1. The highest BCUT2D eigenvalue weighted by molar-refractivity contribution is 5.79. The molecule has 1 atom stereocenters. The molecule has 0 radical (unpaired) electrons. The SMILES string of the molecule is CC(C)(C)OC(=O)[C@@H](Cc1ccccc1)Nc1ccc(C#N)nn1. The number of aromatic nitrogens is 2. The lowest BCUT2D eigenvalue weighted by atomic mass is 10.1. The predicted octanol–water partition coefficient (Wildman–Crippen LogP) is 2.71. The molecule has 6 nitrogen and oxygen atoms in total. The van der Waals surface area contributed by atoms with Crippen molar-refractivity contribution >= 4 is 11.8 Å². The van der Waals surface area contributed by atoms with E-state index in [0.29, 0.717) is 12.2 Å². The number of benzene rings is 1. The van der Waals surface area contributed by atoms with Gasteiger partial charge in [-0.3, -0.25) is 0 Å². The Morgan fingerprint density at radius 1 is 1.21 bits per heavy atom. The third kappa shape index (κ3) is 5.36. The minimum atomic E-state index is -0.603. The summed E-state index contributed by atoms with van der Waals surface area (Å²) >= 11 is 0. The Morgan fingerprint density at radius 3 is 2.46 bits per heavy atom. The van der Waals surface area contributed by atoms with Gasteiger partial charge in [-0.2, -0.15) is 5.26 Å². The smallest absolute Gasteiger partial charge is 0.329 e. The number of anilines is 1. The Labute approximate surface area is 141 Å². The van der Waals surface area contributed by atoms with Crippen molar-refractivity contribution < 1.29 is 9.53 Å². The molecular formula is C18H20N4O2. The van der Waals surface area contributed by atoms with E-state index in [1.165, 1.54) is 0 Å². The second-order valence-corrected chi connectivity index (χ2v) is 6.34. The highest BCUT2D eigenvalue weighted by atomic mass is 16.6. The predicted molar refractivity (Wildman–Crippen MR) is 90.1 cm³/mol. The van der Waals surface area contributed by atoms with Crippen LogP contribution in [0.5, 0.6) is 0 Å². The summed E-state index contributed by atoms with van der Waals surface area (Å²) in [6.07, 6.45) is 0.456. The van der Waals surface area contributed by atoms with Gasteiger partial charge in [0.1, 0.15) is 23.5 Å². The van der Waals surface area contributed by atoms with E-state index < -0.39 is 11.6 Å². The van der Waals surface area contributed by atoms with Crippen molar-refractivity contribution in [2.24, 2.45) is 0 Å². The number of esters is 1. The molecule has 0 aliphatic heterocycles. The van der Waals surface area contributed by atoms with Gasteiger partial charge in [0, 0.05) is 6.42 Å². The van der Waals surface area contributed by atoms with Crippen LogP contribution in [0.1, 0.15) is 32.0 Å². The van der Waals surface area contributed by atoms with Crippen LogP contribution in [-0.4, -0.2) is 27.8 Å². The van der Waals surface area contributed by atoms with Crippen molar-refractivity contribution in [3.8, 4) is 6.07 Å². The highest BCUT2D eigenvalue weighted by Crippen LogP contribution is 2.14. The molecule has 0 amide bonds. The van der Waals surface area contributed by atoms with Gasteiger partial charge in [0.2, 0.25) is 0 Å². The van der Waals surface area contributed by atoms with Crippen LogP contribution in [0.3, 0.4) is 0 Å². The van der Waals surface area contributed by atoms with E-state index in [1.807, 2.05) is 57.2 Å². The first kappa shape index (κ1) is 17.4.